The second kappa shape index (κ2) is 5.06. The molecule has 1 N–H and O–H groups in total. The molecule has 2 saturated carbocycles. The lowest BCUT2D eigenvalue weighted by Crippen LogP contribution is -2.20. The third-order valence-electron chi connectivity index (χ3n) is 3.89. The number of hydrogen-bond donors (Lipinski definition) is 1. The molecule has 0 atom stereocenters. The summed E-state index contributed by atoms with van der Waals surface area (Å²) in [5.41, 5.74) is 1.29. The van der Waals surface area contributed by atoms with Crippen LogP contribution in [0.1, 0.15) is 42.8 Å². The van der Waals surface area contributed by atoms with Crippen molar-refractivity contribution in [1.29, 1.82) is 0 Å². The molecule has 2 aliphatic rings. The van der Waals surface area contributed by atoms with Crippen LogP contribution in [0.2, 0.25) is 0 Å². The Kier molecular flexibility index (Phi) is 3.44. The fraction of sp³-hybridized carbons (Fsp3) is 0.733. The molecule has 3 rings (SSSR count). The van der Waals surface area contributed by atoms with Crippen LogP contribution in [-0.4, -0.2) is 24.5 Å². The monoisotopic (exact) mass is 248 g/mol. The molecule has 0 radical (unpaired) electrons. The molecule has 2 fully saturated rings. The number of hydrogen-bond acceptors (Lipinski definition) is 3. The minimum absolute atomic E-state index is 0.746. The van der Waals surface area contributed by atoms with E-state index in [4.69, 9.17) is 4.42 Å². The maximum Gasteiger partial charge on any atom is 0.120 e. The maximum atomic E-state index is 5.96. The van der Waals surface area contributed by atoms with Gasteiger partial charge in [0.1, 0.15) is 11.5 Å². The van der Waals surface area contributed by atoms with E-state index in [0.29, 0.717) is 0 Å². The Hall–Kier alpha value is -0.800. The molecule has 100 valence electrons. The second-order valence-electron chi connectivity index (χ2n) is 6.11. The minimum Gasteiger partial charge on any atom is -0.463 e. The molecule has 0 amide bonds. The van der Waals surface area contributed by atoms with Crippen LogP contribution in [0.5, 0.6) is 0 Å². The van der Waals surface area contributed by atoms with Gasteiger partial charge in [-0.3, -0.25) is 4.90 Å². The molecule has 2 aliphatic carbocycles. The molecule has 1 aromatic rings. The highest BCUT2D eigenvalue weighted by molar-refractivity contribution is 5.20. The highest BCUT2D eigenvalue weighted by atomic mass is 16.3. The first-order valence-electron chi connectivity index (χ1n) is 7.21. The largest absolute Gasteiger partial charge is 0.463 e. The summed E-state index contributed by atoms with van der Waals surface area (Å²) in [4.78, 5) is 2.38. The Morgan fingerprint density at radius 1 is 1.33 bits per heavy atom. The van der Waals surface area contributed by atoms with Gasteiger partial charge in [0.2, 0.25) is 0 Å². The quantitative estimate of drug-likeness (QED) is 0.804. The number of nitrogens with one attached hydrogen (secondary N) is 1. The zero-order chi connectivity index (χ0) is 12.5. The molecular weight excluding hydrogens is 224 g/mol. The van der Waals surface area contributed by atoms with E-state index >= 15 is 0 Å². The SMILES string of the molecule is Cc1cc(CN(C)CC2CC2)oc1CNC1CC1. The smallest absolute Gasteiger partial charge is 0.120 e. The second-order valence-corrected chi connectivity index (χ2v) is 6.11. The summed E-state index contributed by atoms with van der Waals surface area (Å²) in [6.07, 6.45) is 5.49. The van der Waals surface area contributed by atoms with Crippen molar-refractivity contribution in [1.82, 2.24) is 10.2 Å². The maximum absolute atomic E-state index is 5.96. The van der Waals surface area contributed by atoms with E-state index < -0.39 is 0 Å². The molecule has 1 aromatic heterocycles. The van der Waals surface area contributed by atoms with Gasteiger partial charge in [-0.15, -0.1) is 0 Å². The highest BCUT2D eigenvalue weighted by Gasteiger charge is 2.24. The van der Waals surface area contributed by atoms with E-state index in [0.717, 1.165) is 36.6 Å². The summed E-state index contributed by atoms with van der Waals surface area (Å²) in [6.45, 7) is 5.21. The summed E-state index contributed by atoms with van der Waals surface area (Å²) in [5.74, 6) is 3.18. The van der Waals surface area contributed by atoms with E-state index in [-0.39, 0.29) is 0 Å². The molecular formula is C15H24N2O. The van der Waals surface area contributed by atoms with Gasteiger partial charge in [-0.2, -0.15) is 0 Å². The van der Waals surface area contributed by atoms with Crippen LogP contribution in [-0.2, 0) is 13.1 Å². The molecule has 0 bridgehead atoms. The molecule has 0 aliphatic heterocycles. The topological polar surface area (TPSA) is 28.4 Å². The van der Waals surface area contributed by atoms with Crippen LogP contribution >= 0.6 is 0 Å². The first-order valence-corrected chi connectivity index (χ1v) is 7.21. The van der Waals surface area contributed by atoms with E-state index in [1.165, 1.54) is 37.8 Å². The summed E-state index contributed by atoms with van der Waals surface area (Å²) in [7, 11) is 2.19. The lowest BCUT2D eigenvalue weighted by molar-refractivity contribution is 0.279. The fourth-order valence-corrected chi connectivity index (χ4v) is 2.44. The zero-order valence-corrected chi connectivity index (χ0v) is 11.5. The lowest BCUT2D eigenvalue weighted by Gasteiger charge is -2.13. The third-order valence-corrected chi connectivity index (χ3v) is 3.89. The zero-order valence-electron chi connectivity index (χ0n) is 11.5. The van der Waals surface area contributed by atoms with Crippen molar-refractivity contribution in [2.75, 3.05) is 13.6 Å². The Morgan fingerprint density at radius 2 is 2.11 bits per heavy atom. The van der Waals surface area contributed by atoms with E-state index in [2.05, 4.69) is 30.3 Å². The third kappa shape index (κ3) is 3.36. The average molecular weight is 248 g/mol. The number of nitrogens with zero attached hydrogens (tertiary/aromatic N) is 1. The van der Waals surface area contributed by atoms with Crippen molar-refractivity contribution >= 4 is 0 Å². The lowest BCUT2D eigenvalue weighted by atomic mass is 10.2. The molecule has 0 aromatic carbocycles. The van der Waals surface area contributed by atoms with Gasteiger partial charge in [0.05, 0.1) is 13.1 Å². The Balaban J connectivity index is 1.52. The molecule has 0 spiro atoms. The van der Waals surface area contributed by atoms with Crippen LogP contribution < -0.4 is 5.32 Å². The van der Waals surface area contributed by atoms with Gasteiger partial charge in [0, 0.05) is 12.6 Å². The molecule has 3 heteroatoms. The summed E-state index contributed by atoms with van der Waals surface area (Å²) in [5, 5.41) is 3.52. The van der Waals surface area contributed by atoms with E-state index in [1.54, 1.807) is 0 Å². The Labute approximate surface area is 110 Å². The van der Waals surface area contributed by atoms with Crippen molar-refractivity contribution in [3.63, 3.8) is 0 Å². The van der Waals surface area contributed by atoms with Crippen LogP contribution in [0.3, 0.4) is 0 Å². The van der Waals surface area contributed by atoms with Crippen LogP contribution in [0.4, 0.5) is 0 Å². The Bertz CT molecular complexity index is 405. The first-order chi connectivity index (χ1) is 8.70. The highest BCUT2D eigenvalue weighted by Crippen LogP contribution is 2.30. The standard InChI is InChI=1S/C15H24N2O/c1-11-7-14(10-17(2)9-12-3-4-12)18-15(11)8-16-13-5-6-13/h7,12-13,16H,3-6,8-10H2,1-2H3. The predicted octanol–water partition coefficient (Wildman–Crippen LogP) is 2.68. The normalized spacial score (nSPS) is 19.7. The first kappa shape index (κ1) is 12.2. The molecule has 1 heterocycles. The van der Waals surface area contributed by atoms with Gasteiger partial charge in [-0.05, 0) is 57.2 Å². The Morgan fingerprint density at radius 3 is 2.78 bits per heavy atom. The van der Waals surface area contributed by atoms with Crippen molar-refractivity contribution in [3.05, 3.63) is 23.2 Å². The molecule has 3 nitrogen and oxygen atoms in total. The number of rotatable bonds is 7. The number of aryl methyl sites for hydroxylation is 1. The summed E-state index contributed by atoms with van der Waals surface area (Å²) >= 11 is 0. The van der Waals surface area contributed by atoms with Gasteiger partial charge >= 0.3 is 0 Å². The van der Waals surface area contributed by atoms with Crippen molar-refractivity contribution in [2.45, 2.75) is 51.7 Å². The summed E-state index contributed by atoms with van der Waals surface area (Å²) in [6, 6.07) is 2.95. The van der Waals surface area contributed by atoms with Gasteiger partial charge in [-0.1, -0.05) is 0 Å². The van der Waals surface area contributed by atoms with Crippen LogP contribution in [0, 0.1) is 12.8 Å². The number of furan rings is 1. The average Bonchev–Trinajstić information content (AvgIpc) is 3.19. The molecule has 18 heavy (non-hydrogen) atoms. The van der Waals surface area contributed by atoms with Crippen LogP contribution in [0.25, 0.3) is 0 Å². The van der Waals surface area contributed by atoms with Crippen LogP contribution in [0.15, 0.2) is 10.5 Å². The molecule has 0 saturated heterocycles. The van der Waals surface area contributed by atoms with Gasteiger partial charge in [0.15, 0.2) is 0 Å². The van der Waals surface area contributed by atoms with Crippen molar-refractivity contribution in [2.24, 2.45) is 5.92 Å². The fourth-order valence-electron chi connectivity index (χ4n) is 2.44. The predicted molar refractivity (Wildman–Crippen MR) is 72.4 cm³/mol. The van der Waals surface area contributed by atoms with Crippen molar-refractivity contribution in [3.8, 4) is 0 Å². The minimum atomic E-state index is 0.746. The molecule has 0 unspecified atom stereocenters. The summed E-state index contributed by atoms with van der Waals surface area (Å²) < 4.78 is 5.96. The van der Waals surface area contributed by atoms with Gasteiger partial charge in [0.25, 0.3) is 0 Å². The van der Waals surface area contributed by atoms with Gasteiger partial charge < -0.3 is 9.73 Å². The van der Waals surface area contributed by atoms with Crippen molar-refractivity contribution < 1.29 is 4.42 Å². The van der Waals surface area contributed by atoms with Gasteiger partial charge in [-0.25, -0.2) is 0 Å². The van der Waals surface area contributed by atoms with E-state index in [9.17, 15) is 0 Å². The van der Waals surface area contributed by atoms with E-state index in [1.807, 2.05) is 0 Å².